The van der Waals surface area contributed by atoms with Gasteiger partial charge in [0, 0.05) is 9.35 Å². The van der Waals surface area contributed by atoms with E-state index in [0.29, 0.717) is 0 Å². The van der Waals surface area contributed by atoms with Crippen LogP contribution in [0.3, 0.4) is 0 Å². The maximum atomic E-state index is 3.62. The zero-order valence-electron chi connectivity index (χ0n) is 11.6. The van der Waals surface area contributed by atoms with Gasteiger partial charge < -0.3 is 5.32 Å². The summed E-state index contributed by atoms with van der Waals surface area (Å²) in [4.78, 5) is 1.31. The van der Waals surface area contributed by atoms with Crippen molar-refractivity contribution in [1.29, 1.82) is 0 Å². The van der Waals surface area contributed by atoms with Crippen LogP contribution in [0.2, 0.25) is 0 Å². The minimum Gasteiger partial charge on any atom is -0.306 e. The summed E-state index contributed by atoms with van der Waals surface area (Å²) in [5.74, 6) is 0. The summed E-state index contributed by atoms with van der Waals surface area (Å²) >= 11 is 8.97. The number of hydrogen-bond donors (Lipinski definition) is 1. The second-order valence-corrected chi connectivity index (χ2v) is 8.09. The molecule has 2 aromatic carbocycles. The first-order valence-corrected chi connectivity index (χ1v) is 9.26. The Morgan fingerprint density at radius 1 is 1.10 bits per heavy atom. The summed E-state index contributed by atoms with van der Waals surface area (Å²) in [5.41, 5.74) is 1.33. The lowest BCUT2D eigenvalue weighted by Gasteiger charge is -2.19. The van der Waals surface area contributed by atoms with Crippen LogP contribution in [0.15, 0.2) is 56.8 Å². The van der Waals surface area contributed by atoms with Gasteiger partial charge in [0.1, 0.15) is 0 Å². The van der Waals surface area contributed by atoms with Crippen molar-refractivity contribution >= 4 is 54.0 Å². The highest BCUT2D eigenvalue weighted by atomic mass is 79.9. The Hall–Kier alpha value is -0.680. The number of thiophene rings is 1. The van der Waals surface area contributed by atoms with Crippen LogP contribution < -0.4 is 5.32 Å². The maximum Gasteiger partial charge on any atom is 0.0843 e. The Kier molecular flexibility index (Phi) is 4.79. The molecule has 0 aliphatic rings. The summed E-state index contributed by atoms with van der Waals surface area (Å²) < 4.78 is 2.26. The fourth-order valence-electron chi connectivity index (χ4n) is 2.58. The van der Waals surface area contributed by atoms with Gasteiger partial charge in [0.15, 0.2) is 0 Å². The molecule has 4 heteroatoms. The fourth-order valence-corrected chi connectivity index (χ4v) is 4.76. The first kappa shape index (κ1) is 15.2. The molecular formula is C17H15Br2NS. The molecule has 108 valence electrons. The number of fused-ring (bicyclic) bond motifs is 1. The van der Waals surface area contributed by atoms with Gasteiger partial charge in [-0.05, 0) is 60.8 Å². The van der Waals surface area contributed by atoms with Crippen LogP contribution in [0.5, 0.6) is 0 Å². The molecule has 0 radical (unpaired) electrons. The predicted octanol–water partition coefficient (Wildman–Crippen LogP) is 6.13. The van der Waals surface area contributed by atoms with Crippen LogP contribution >= 0.6 is 43.2 Å². The Morgan fingerprint density at radius 2 is 1.86 bits per heavy atom. The molecule has 0 aliphatic carbocycles. The van der Waals surface area contributed by atoms with E-state index in [1.807, 2.05) is 0 Å². The average Bonchev–Trinajstić information content (AvgIpc) is 2.84. The molecule has 0 spiro atoms. The zero-order valence-corrected chi connectivity index (χ0v) is 15.6. The molecule has 0 bridgehead atoms. The first-order valence-electron chi connectivity index (χ1n) is 6.86. The van der Waals surface area contributed by atoms with Gasteiger partial charge in [-0.2, -0.15) is 0 Å². The lowest BCUT2D eigenvalue weighted by molar-refractivity contribution is 0.643. The fraction of sp³-hybridized carbons (Fsp3) is 0.176. The van der Waals surface area contributed by atoms with Crippen LogP contribution in [0.4, 0.5) is 0 Å². The molecule has 0 amide bonds. The molecule has 21 heavy (non-hydrogen) atoms. The third kappa shape index (κ3) is 3.09. The third-order valence-corrected chi connectivity index (χ3v) is 6.81. The normalized spacial score (nSPS) is 12.7. The van der Waals surface area contributed by atoms with Crippen LogP contribution in [-0.2, 0) is 0 Å². The number of rotatable bonds is 4. The van der Waals surface area contributed by atoms with Crippen molar-refractivity contribution in [3.05, 3.63) is 67.2 Å². The highest BCUT2D eigenvalue weighted by molar-refractivity contribution is 9.13. The lowest BCUT2D eigenvalue weighted by Crippen LogP contribution is -2.21. The minimum absolute atomic E-state index is 0.216. The van der Waals surface area contributed by atoms with Crippen LogP contribution in [0.1, 0.15) is 23.4 Å². The smallest absolute Gasteiger partial charge is 0.0843 e. The molecule has 1 nitrogen and oxygen atoms in total. The van der Waals surface area contributed by atoms with Crippen molar-refractivity contribution in [3.63, 3.8) is 0 Å². The highest BCUT2D eigenvalue weighted by Gasteiger charge is 2.18. The second kappa shape index (κ2) is 6.61. The molecule has 1 unspecified atom stereocenters. The van der Waals surface area contributed by atoms with Gasteiger partial charge in [0.25, 0.3) is 0 Å². The van der Waals surface area contributed by atoms with Crippen molar-refractivity contribution in [2.45, 2.75) is 13.0 Å². The van der Waals surface area contributed by atoms with Crippen molar-refractivity contribution in [1.82, 2.24) is 5.32 Å². The SMILES string of the molecule is CCNC(c1cc(Br)c(Br)s1)c1cccc2ccccc12. The Labute approximate surface area is 145 Å². The first-order chi connectivity index (χ1) is 10.2. The summed E-state index contributed by atoms with van der Waals surface area (Å²) in [6.45, 7) is 3.08. The number of benzene rings is 2. The standard InChI is InChI=1S/C17H15Br2NS/c1-2-20-16(15-10-14(18)17(19)21-15)13-9-5-7-11-6-3-4-8-12(11)13/h3-10,16,20H,2H2,1H3. The van der Waals surface area contributed by atoms with Gasteiger partial charge in [0.2, 0.25) is 0 Å². The molecule has 1 aromatic heterocycles. The summed E-state index contributed by atoms with van der Waals surface area (Å²) in [7, 11) is 0. The highest BCUT2D eigenvalue weighted by Crippen LogP contribution is 2.39. The summed E-state index contributed by atoms with van der Waals surface area (Å²) in [5, 5.41) is 6.21. The van der Waals surface area contributed by atoms with Crippen molar-refractivity contribution in [2.75, 3.05) is 6.54 Å². The van der Waals surface area contributed by atoms with Crippen molar-refractivity contribution in [2.24, 2.45) is 0 Å². The van der Waals surface area contributed by atoms with Gasteiger partial charge in [-0.3, -0.25) is 0 Å². The van der Waals surface area contributed by atoms with Crippen LogP contribution in [0.25, 0.3) is 10.8 Å². The Bertz CT molecular complexity index is 742. The molecule has 3 aromatic rings. The molecule has 1 N–H and O–H groups in total. The van der Waals surface area contributed by atoms with E-state index in [2.05, 4.69) is 92.6 Å². The van der Waals surface area contributed by atoms with E-state index in [1.165, 1.54) is 21.2 Å². The summed E-state index contributed by atoms with van der Waals surface area (Å²) in [6, 6.07) is 17.5. The van der Waals surface area contributed by atoms with E-state index in [0.717, 1.165) is 14.8 Å². The molecule has 1 heterocycles. The molecule has 3 rings (SSSR count). The Morgan fingerprint density at radius 3 is 2.57 bits per heavy atom. The predicted molar refractivity (Wildman–Crippen MR) is 99.2 cm³/mol. The monoisotopic (exact) mass is 423 g/mol. The van der Waals surface area contributed by atoms with Gasteiger partial charge in [-0.25, -0.2) is 0 Å². The Balaban J connectivity index is 2.15. The van der Waals surface area contributed by atoms with E-state index in [1.54, 1.807) is 11.3 Å². The second-order valence-electron chi connectivity index (χ2n) is 4.83. The van der Waals surface area contributed by atoms with Gasteiger partial charge >= 0.3 is 0 Å². The van der Waals surface area contributed by atoms with Gasteiger partial charge in [-0.15, -0.1) is 11.3 Å². The number of nitrogens with one attached hydrogen (secondary N) is 1. The van der Waals surface area contributed by atoms with Gasteiger partial charge in [-0.1, -0.05) is 49.4 Å². The quantitative estimate of drug-likeness (QED) is 0.531. The van der Waals surface area contributed by atoms with E-state index < -0.39 is 0 Å². The van der Waals surface area contributed by atoms with E-state index in [9.17, 15) is 0 Å². The molecule has 0 saturated heterocycles. The van der Waals surface area contributed by atoms with Crippen molar-refractivity contribution in [3.8, 4) is 0 Å². The minimum atomic E-state index is 0.216. The summed E-state index contributed by atoms with van der Waals surface area (Å²) in [6.07, 6.45) is 0. The van der Waals surface area contributed by atoms with E-state index in [-0.39, 0.29) is 6.04 Å². The number of hydrogen-bond acceptors (Lipinski definition) is 2. The molecular weight excluding hydrogens is 410 g/mol. The molecule has 0 fully saturated rings. The zero-order chi connectivity index (χ0) is 14.8. The van der Waals surface area contributed by atoms with Gasteiger partial charge in [0.05, 0.1) is 9.83 Å². The third-order valence-electron chi connectivity index (χ3n) is 3.49. The van der Waals surface area contributed by atoms with E-state index in [4.69, 9.17) is 0 Å². The molecule has 0 saturated carbocycles. The van der Waals surface area contributed by atoms with Crippen LogP contribution in [0, 0.1) is 0 Å². The lowest BCUT2D eigenvalue weighted by atomic mass is 9.98. The van der Waals surface area contributed by atoms with Crippen LogP contribution in [-0.4, -0.2) is 6.54 Å². The molecule has 1 atom stereocenters. The average molecular weight is 425 g/mol. The van der Waals surface area contributed by atoms with Crippen molar-refractivity contribution < 1.29 is 0 Å². The topological polar surface area (TPSA) is 12.0 Å². The number of halogens is 2. The maximum absolute atomic E-state index is 3.62. The van der Waals surface area contributed by atoms with E-state index >= 15 is 0 Å². The largest absolute Gasteiger partial charge is 0.306 e. The molecule has 0 aliphatic heterocycles.